The minimum atomic E-state index is -1.06. The zero-order chi connectivity index (χ0) is 27.5. The number of carbonyl (C=O) groups excluding carboxylic acids is 2. The van der Waals surface area contributed by atoms with Crippen LogP contribution in [0.2, 0.25) is 0 Å². The standard InChI is InChI=1S/C30H24N2O7/c1-19-5-2-6-20(15-19)18-39-24-12-10-21(11-13-24)28(33)26-27(22-7-3-8-23(16-22)32(36)37)31(30(35)29(26)34)17-25-9-4-14-38-25/h2-16,27,33H,17-18H2,1H3/t27-/m1/s1. The summed E-state index contributed by atoms with van der Waals surface area (Å²) >= 11 is 0. The molecule has 1 aliphatic rings. The minimum absolute atomic E-state index is 0.0621. The lowest BCUT2D eigenvalue weighted by Gasteiger charge is -2.24. The van der Waals surface area contributed by atoms with E-state index in [0.29, 0.717) is 29.2 Å². The Morgan fingerprint density at radius 2 is 1.79 bits per heavy atom. The quantitative estimate of drug-likeness (QED) is 0.103. The van der Waals surface area contributed by atoms with Crippen LogP contribution in [0.1, 0.15) is 34.1 Å². The lowest BCUT2D eigenvalue weighted by Crippen LogP contribution is -2.29. The lowest BCUT2D eigenvalue weighted by atomic mass is 9.95. The number of furan rings is 1. The van der Waals surface area contributed by atoms with E-state index in [4.69, 9.17) is 9.15 Å². The lowest BCUT2D eigenvalue weighted by molar-refractivity contribution is -0.384. The van der Waals surface area contributed by atoms with Gasteiger partial charge in [-0.2, -0.15) is 0 Å². The Morgan fingerprint density at radius 3 is 2.49 bits per heavy atom. The number of nitro groups is 1. The van der Waals surface area contributed by atoms with Crippen molar-refractivity contribution in [2.24, 2.45) is 0 Å². The SMILES string of the molecule is Cc1cccc(COc2ccc(C(O)=C3C(=O)C(=O)N(Cc4ccco4)[C@@H]3c3cccc([N+](=O)[O-])c3)cc2)c1. The number of Topliss-reactive ketones (excluding diaryl/α,β-unsaturated/α-hetero) is 1. The van der Waals surface area contributed by atoms with E-state index in [1.807, 2.05) is 31.2 Å². The number of non-ortho nitro benzene ring substituents is 1. The van der Waals surface area contributed by atoms with Crippen LogP contribution in [0.15, 0.2) is 101 Å². The summed E-state index contributed by atoms with van der Waals surface area (Å²) in [6, 6.07) is 22.3. The fourth-order valence-electron chi connectivity index (χ4n) is 4.60. The molecule has 1 saturated heterocycles. The molecule has 0 aliphatic carbocycles. The summed E-state index contributed by atoms with van der Waals surface area (Å²) < 4.78 is 11.2. The summed E-state index contributed by atoms with van der Waals surface area (Å²) in [4.78, 5) is 38.4. The summed E-state index contributed by atoms with van der Waals surface area (Å²) in [7, 11) is 0. The zero-order valence-electron chi connectivity index (χ0n) is 20.9. The second-order valence-corrected chi connectivity index (χ2v) is 9.16. The molecular weight excluding hydrogens is 500 g/mol. The molecule has 5 rings (SSSR count). The molecule has 1 aromatic heterocycles. The molecule has 0 unspecified atom stereocenters. The molecule has 9 heteroatoms. The van der Waals surface area contributed by atoms with Crippen LogP contribution in [-0.4, -0.2) is 26.6 Å². The molecule has 0 spiro atoms. The molecule has 0 radical (unpaired) electrons. The number of aliphatic hydroxyl groups is 1. The number of aliphatic hydroxyl groups excluding tert-OH is 1. The maximum Gasteiger partial charge on any atom is 0.296 e. The molecule has 196 valence electrons. The molecule has 1 amide bonds. The first kappa shape index (κ1) is 25.5. The fourth-order valence-corrected chi connectivity index (χ4v) is 4.60. The van der Waals surface area contributed by atoms with Crippen molar-refractivity contribution in [2.45, 2.75) is 26.1 Å². The van der Waals surface area contributed by atoms with Crippen molar-refractivity contribution < 1.29 is 28.8 Å². The van der Waals surface area contributed by atoms with Gasteiger partial charge in [-0.15, -0.1) is 0 Å². The average Bonchev–Trinajstić information content (AvgIpc) is 3.54. The van der Waals surface area contributed by atoms with Gasteiger partial charge >= 0.3 is 0 Å². The highest BCUT2D eigenvalue weighted by atomic mass is 16.6. The molecule has 3 aromatic carbocycles. The zero-order valence-corrected chi connectivity index (χ0v) is 20.9. The van der Waals surface area contributed by atoms with Crippen molar-refractivity contribution in [3.63, 3.8) is 0 Å². The van der Waals surface area contributed by atoms with E-state index in [1.54, 1.807) is 42.5 Å². The van der Waals surface area contributed by atoms with E-state index < -0.39 is 28.4 Å². The van der Waals surface area contributed by atoms with Gasteiger partial charge in [0.05, 0.1) is 29.3 Å². The molecule has 2 heterocycles. The third kappa shape index (κ3) is 5.28. The Hall–Kier alpha value is -5.18. The Bertz CT molecular complexity index is 1570. The molecule has 0 bridgehead atoms. The molecular formula is C30H24N2O7. The van der Waals surface area contributed by atoms with Gasteiger partial charge in [0.15, 0.2) is 0 Å². The van der Waals surface area contributed by atoms with E-state index in [0.717, 1.165) is 11.1 Å². The molecule has 1 aliphatic heterocycles. The second-order valence-electron chi connectivity index (χ2n) is 9.16. The number of amides is 1. The first-order chi connectivity index (χ1) is 18.8. The second kappa shape index (κ2) is 10.7. The summed E-state index contributed by atoms with van der Waals surface area (Å²) in [5, 5.41) is 22.7. The van der Waals surface area contributed by atoms with Gasteiger partial charge in [0.2, 0.25) is 0 Å². The maximum absolute atomic E-state index is 13.2. The van der Waals surface area contributed by atoms with Crippen LogP contribution < -0.4 is 4.74 Å². The Morgan fingerprint density at radius 1 is 1.03 bits per heavy atom. The van der Waals surface area contributed by atoms with E-state index in [9.17, 15) is 24.8 Å². The van der Waals surface area contributed by atoms with Gasteiger partial charge < -0.3 is 19.2 Å². The minimum Gasteiger partial charge on any atom is -0.507 e. The third-order valence-electron chi connectivity index (χ3n) is 6.46. The van der Waals surface area contributed by atoms with Crippen LogP contribution in [0.4, 0.5) is 5.69 Å². The van der Waals surface area contributed by atoms with E-state index in [1.165, 1.54) is 29.4 Å². The van der Waals surface area contributed by atoms with Crippen LogP contribution in [0, 0.1) is 17.0 Å². The normalized spacial score (nSPS) is 16.4. The fraction of sp³-hybridized carbons (Fsp3) is 0.133. The topological polar surface area (TPSA) is 123 Å². The highest BCUT2D eigenvalue weighted by Gasteiger charge is 2.46. The van der Waals surface area contributed by atoms with Crippen molar-refractivity contribution >= 4 is 23.1 Å². The monoisotopic (exact) mass is 524 g/mol. The van der Waals surface area contributed by atoms with Crippen molar-refractivity contribution in [3.05, 3.63) is 135 Å². The van der Waals surface area contributed by atoms with Crippen LogP contribution in [0.5, 0.6) is 5.75 Å². The number of aryl methyl sites for hydroxylation is 1. The van der Waals surface area contributed by atoms with Gasteiger partial charge in [0, 0.05) is 17.7 Å². The number of ketones is 1. The van der Waals surface area contributed by atoms with Gasteiger partial charge in [-0.25, -0.2) is 0 Å². The molecule has 39 heavy (non-hydrogen) atoms. The van der Waals surface area contributed by atoms with Crippen molar-refractivity contribution in [2.75, 3.05) is 0 Å². The Labute approximate surface area is 223 Å². The number of hydrogen-bond donors (Lipinski definition) is 1. The van der Waals surface area contributed by atoms with E-state index in [2.05, 4.69) is 0 Å². The van der Waals surface area contributed by atoms with Crippen molar-refractivity contribution in [1.29, 1.82) is 0 Å². The summed E-state index contributed by atoms with van der Waals surface area (Å²) in [6.07, 6.45) is 1.44. The number of benzene rings is 3. The molecule has 4 aromatic rings. The molecule has 0 saturated carbocycles. The van der Waals surface area contributed by atoms with Gasteiger partial charge in [0.25, 0.3) is 17.4 Å². The third-order valence-corrected chi connectivity index (χ3v) is 6.46. The average molecular weight is 525 g/mol. The van der Waals surface area contributed by atoms with Crippen LogP contribution in [0.25, 0.3) is 5.76 Å². The van der Waals surface area contributed by atoms with E-state index >= 15 is 0 Å². The molecule has 9 nitrogen and oxygen atoms in total. The van der Waals surface area contributed by atoms with Crippen molar-refractivity contribution in [3.8, 4) is 5.75 Å². The number of hydrogen-bond acceptors (Lipinski definition) is 7. The van der Waals surface area contributed by atoms with Gasteiger partial charge in [-0.1, -0.05) is 42.0 Å². The highest BCUT2D eigenvalue weighted by Crippen LogP contribution is 2.41. The predicted octanol–water partition coefficient (Wildman–Crippen LogP) is 5.70. The number of nitrogens with zero attached hydrogens (tertiary/aromatic N) is 2. The predicted molar refractivity (Wildman–Crippen MR) is 142 cm³/mol. The summed E-state index contributed by atoms with van der Waals surface area (Å²) in [5.74, 6) is -1.15. The first-order valence-electron chi connectivity index (χ1n) is 12.2. The van der Waals surface area contributed by atoms with E-state index in [-0.39, 0.29) is 17.8 Å². The Kier molecular flexibility index (Phi) is 6.96. The molecule has 1 N–H and O–H groups in total. The summed E-state index contributed by atoms with van der Waals surface area (Å²) in [5.41, 5.74) is 2.37. The number of likely N-dealkylation sites (tertiary alicyclic amines) is 1. The highest BCUT2D eigenvalue weighted by molar-refractivity contribution is 6.46. The number of rotatable bonds is 8. The summed E-state index contributed by atoms with van der Waals surface area (Å²) in [6.45, 7) is 2.30. The van der Waals surface area contributed by atoms with Gasteiger partial charge in [0.1, 0.15) is 23.9 Å². The molecule has 1 fully saturated rings. The van der Waals surface area contributed by atoms with Gasteiger partial charge in [-0.3, -0.25) is 19.7 Å². The van der Waals surface area contributed by atoms with Crippen molar-refractivity contribution in [1.82, 2.24) is 4.90 Å². The number of carbonyl (C=O) groups is 2. The smallest absolute Gasteiger partial charge is 0.296 e. The maximum atomic E-state index is 13.2. The van der Waals surface area contributed by atoms with Crippen LogP contribution in [-0.2, 0) is 22.7 Å². The number of nitro benzene ring substituents is 1. The molecule has 1 atom stereocenters. The number of ether oxygens (including phenoxy) is 1. The van der Waals surface area contributed by atoms with Crippen LogP contribution in [0.3, 0.4) is 0 Å². The first-order valence-corrected chi connectivity index (χ1v) is 12.2. The van der Waals surface area contributed by atoms with Crippen LogP contribution >= 0.6 is 0 Å². The van der Waals surface area contributed by atoms with Gasteiger partial charge in [-0.05, 0) is 54.4 Å². The Balaban J connectivity index is 1.49. The largest absolute Gasteiger partial charge is 0.507 e.